The summed E-state index contributed by atoms with van der Waals surface area (Å²) in [5.74, 6) is 0.0299. The first kappa shape index (κ1) is 8.79. The van der Waals surface area contributed by atoms with Crippen molar-refractivity contribution in [3.8, 4) is 6.07 Å². The topological polar surface area (TPSA) is 50.1 Å². The Bertz CT molecular complexity index is 246. The van der Waals surface area contributed by atoms with Crippen molar-refractivity contribution in [1.29, 1.82) is 5.26 Å². The second-order valence-electron chi connectivity index (χ2n) is 2.74. The zero-order chi connectivity index (χ0) is 8.97. The largest absolute Gasteiger partial charge is 0.500 e. The molecular weight excluding hydrogens is 154 g/mol. The number of hydrogen-bond donors (Lipinski definition) is 0. The Kier molecular flexibility index (Phi) is 2.87. The molecule has 0 aromatic rings. The summed E-state index contributed by atoms with van der Waals surface area (Å²) in [5, 5.41) is 8.58. The van der Waals surface area contributed by atoms with Crippen molar-refractivity contribution in [1.82, 2.24) is 0 Å². The van der Waals surface area contributed by atoms with Crippen molar-refractivity contribution in [2.45, 2.75) is 19.8 Å². The van der Waals surface area contributed by atoms with Gasteiger partial charge in [-0.1, -0.05) is 0 Å². The lowest BCUT2D eigenvalue weighted by Crippen LogP contribution is -2.03. The normalized spacial score (nSPS) is 16.8. The monoisotopic (exact) mass is 165 g/mol. The fraction of sp³-hybridized carbons (Fsp3) is 0.556. The maximum absolute atomic E-state index is 11.3. The number of nitriles is 1. The van der Waals surface area contributed by atoms with Crippen LogP contribution in [0.1, 0.15) is 19.8 Å². The smallest absolute Gasteiger partial charge is 0.179 e. The number of ether oxygens (including phenoxy) is 1. The summed E-state index contributed by atoms with van der Waals surface area (Å²) in [6.45, 7) is 2.30. The van der Waals surface area contributed by atoms with Crippen LogP contribution in [0.5, 0.6) is 0 Å². The van der Waals surface area contributed by atoms with E-state index in [1.54, 1.807) is 0 Å². The Morgan fingerprint density at radius 3 is 2.83 bits per heavy atom. The van der Waals surface area contributed by atoms with E-state index in [-0.39, 0.29) is 17.3 Å². The Labute approximate surface area is 71.6 Å². The molecule has 0 amide bonds. The van der Waals surface area contributed by atoms with Crippen LogP contribution in [0.25, 0.3) is 0 Å². The van der Waals surface area contributed by atoms with Gasteiger partial charge in [-0.15, -0.1) is 0 Å². The molecule has 0 heterocycles. The summed E-state index contributed by atoms with van der Waals surface area (Å²) in [5.41, 5.74) is 0.152. The number of ketones is 1. The highest BCUT2D eigenvalue weighted by atomic mass is 16.5. The van der Waals surface area contributed by atoms with E-state index in [1.807, 2.05) is 13.0 Å². The summed E-state index contributed by atoms with van der Waals surface area (Å²) in [7, 11) is 0. The van der Waals surface area contributed by atoms with Crippen LogP contribution in [0, 0.1) is 17.2 Å². The minimum Gasteiger partial charge on any atom is -0.500 e. The van der Waals surface area contributed by atoms with E-state index in [0.717, 1.165) is 12.8 Å². The summed E-state index contributed by atoms with van der Waals surface area (Å²) in [4.78, 5) is 11.3. The molecule has 0 aliphatic heterocycles. The van der Waals surface area contributed by atoms with E-state index in [4.69, 9.17) is 10.00 Å². The zero-order valence-corrected chi connectivity index (χ0v) is 7.04. The number of carbonyl (C=O) groups is 1. The summed E-state index contributed by atoms with van der Waals surface area (Å²) >= 11 is 0. The van der Waals surface area contributed by atoms with Crippen molar-refractivity contribution in [2.75, 3.05) is 6.61 Å². The van der Waals surface area contributed by atoms with E-state index < -0.39 is 0 Å². The van der Waals surface area contributed by atoms with Crippen LogP contribution >= 0.6 is 0 Å². The Hall–Kier alpha value is -1.30. The maximum atomic E-state index is 11.3. The van der Waals surface area contributed by atoms with Crippen molar-refractivity contribution < 1.29 is 9.53 Å². The molecule has 1 fully saturated rings. The van der Waals surface area contributed by atoms with Crippen molar-refractivity contribution in [3.05, 3.63) is 11.8 Å². The Balaban J connectivity index is 2.55. The number of hydrogen-bond acceptors (Lipinski definition) is 3. The maximum Gasteiger partial charge on any atom is 0.179 e. The van der Waals surface area contributed by atoms with Gasteiger partial charge in [0.25, 0.3) is 0 Å². The molecule has 12 heavy (non-hydrogen) atoms. The first-order valence-corrected chi connectivity index (χ1v) is 4.05. The predicted molar refractivity (Wildman–Crippen MR) is 43.1 cm³/mol. The van der Waals surface area contributed by atoms with Crippen LogP contribution < -0.4 is 0 Å². The van der Waals surface area contributed by atoms with E-state index in [0.29, 0.717) is 6.61 Å². The molecule has 0 unspecified atom stereocenters. The molecule has 1 aliphatic carbocycles. The van der Waals surface area contributed by atoms with Gasteiger partial charge in [-0.25, -0.2) is 0 Å². The van der Waals surface area contributed by atoms with Crippen LogP contribution in [0.3, 0.4) is 0 Å². The number of carbonyl (C=O) groups excluding carboxylic acids is 1. The van der Waals surface area contributed by atoms with Gasteiger partial charge in [-0.3, -0.25) is 4.79 Å². The van der Waals surface area contributed by atoms with Gasteiger partial charge in [-0.05, 0) is 19.8 Å². The minimum atomic E-state index is -0.0639. The lowest BCUT2D eigenvalue weighted by atomic mass is 10.1. The number of nitrogens with zero attached hydrogens (tertiary/aromatic N) is 1. The fourth-order valence-corrected chi connectivity index (χ4v) is 0.872. The van der Waals surface area contributed by atoms with Crippen LogP contribution in [0.15, 0.2) is 11.8 Å². The highest BCUT2D eigenvalue weighted by Crippen LogP contribution is 2.32. The molecule has 1 aliphatic rings. The standard InChI is InChI=1S/C9H11NO2/c1-2-12-6-8(5-10)9(11)7-3-4-7/h6-7H,2-4H2,1H3/b8-6+. The molecule has 3 heteroatoms. The van der Waals surface area contributed by atoms with E-state index >= 15 is 0 Å². The lowest BCUT2D eigenvalue weighted by Gasteiger charge is -1.96. The number of allylic oxidation sites excluding steroid dienone is 1. The van der Waals surface area contributed by atoms with Crippen molar-refractivity contribution >= 4 is 5.78 Å². The third-order valence-corrected chi connectivity index (χ3v) is 1.70. The molecule has 0 saturated heterocycles. The highest BCUT2D eigenvalue weighted by Gasteiger charge is 2.32. The van der Waals surface area contributed by atoms with Gasteiger partial charge in [-0.2, -0.15) is 5.26 Å². The minimum absolute atomic E-state index is 0.0639. The molecular formula is C9H11NO2. The Morgan fingerprint density at radius 1 is 1.75 bits per heavy atom. The number of Topliss-reactive ketones (excluding diaryl/α,β-unsaturated/α-hetero) is 1. The van der Waals surface area contributed by atoms with Crippen LogP contribution in [-0.2, 0) is 9.53 Å². The Morgan fingerprint density at radius 2 is 2.42 bits per heavy atom. The molecule has 0 spiro atoms. The van der Waals surface area contributed by atoms with Gasteiger partial charge in [0.15, 0.2) is 5.78 Å². The van der Waals surface area contributed by atoms with E-state index in [2.05, 4.69) is 0 Å². The average molecular weight is 165 g/mol. The third kappa shape index (κ3) is 2.09. The second-order valence-corrected chi connectivity index (χ2v) is 2.74. The molecule has 0 atom stereocenters. The van der Waals surface area contributed by atoms with Gasteiger partial charge in [0.05, 0.1) is 6.61 Å². The van der Waals surface area contributed by atoms with Gasteiger partial charge >= 0.3 is 0 Å². The quantitative estimate of drug-likeness (QED) is 0.359. The van der Waals surface area contributed by atoms with Gasteiger partial charge < -0.3 is 4.74 Å². The summed E-state index contributed by atoms with van der Waals surface area (Å²) in [6.07, 6.45) is 3.11. The van der Waals surface area contributed by atoms with Crippen LogP contribution in [-0.4, -0.2) is 12.4 Å². The molecule has 0 aromatic carbocycles. The second kappa shape index (κ2) is 3.91. The number of rotatable bonds is 4. The van der Waals surface area contributed by atoms with Gasteiger partial charge in [0, 0.05) is 5.92 Å². The molecule has 1 saturated carbocycles. The van der Waals surface area contributed by atoms with E-state index in [9.17, 15) is 4.79 Å². The molecule has 0 N–H and O–H groups in total. The van der Waals surface area contributed by atoms with Crippen molar-refractivity contribution in [2.24, 2.45) is 5.92 Å². The van der Waals surface area contributed by atoms with E-state index in [1.165, 1.54) is 6.26 Å². The molecule has 0 aromatic heterocycles. The van der Waals surface area contributed by atoms with Crippen LogP contribution in [0.2, 0.25) is 0 Å². The molecule has 1 rings (SSSR count). The SMILES string of the molecule is CCO/C=C(\C#N)C(=O)C1CC1. The average Bonchev–Trinajstić information content (AvgIpc) is 2.88. The van der Waals surface area contributed by atoms with Gasteiger partial charge in [0.1, 0.15) is 17.9 Å². The molecule has 0 radical (unpaired) electrons. The molecule has 64 valence electrons. The predicted octanol–water partition coefficient (Wildman–Crippen LogP) is 1.41. The first-order valence-electron chi connectivity index (χ1n) is 4.05. The fourth-order valence-electron chi connectivity index (χ4n) is 0.872. The van der Waals surface area contributed by atoms with Crippen molar-refractivity contribution in [3.63, 3.8) is 0 Å². The first-order chi connectivity index (χ1) is 5.79. The molecule has 0 bridgehead atoms. The summed E-state index contributed by atoms with van der Waals surface area (Å²) in [6, 6.07) is 1.84. The summed E-state index contributed by atoms with van der Waals surface area (Å²) < 4.78 is 4.88. The highest BCUT2D eigenvalue weighted by molar-refractivity contribution is 6.01. The molecule has 3 nitrogen and oxygen atoms in total. The van der Waals surface area contributed by atoms with Crippen LogP contribution in [0.4, 0.5) is 0 Å². The third-order valence-electron chi connectivity index (χ3n) is 1.70. The van der Waals surface area contributed by atoms with Gasteiger partial charge in [0.2, 0.25) is 0 Å². The lowest BCUT2D eigenvalue weighted by molar-refractivity contribution is -0.116. The zero-order valence-electron chi connectivity index (χ0n) is 7.04.